The minimum absolute atomic E-state index is 0.459. The quantitative estimate of drug-likeness (QED) is 0.548. The van der Waals surface area contributed by atoms with E-state index in [-0.39, 0.29) is 0 Å². The molecule has 0 aliphatic carbocycles. The van der Waals surface area contributed by atoms with Gasteiger partial charge >= 0.3 is 5.97 Å². The van der Waals surface area contributed by atoms with Crippen molar-refractivity contribution in [2.45, 2.75) is 37.4 Å². The van der Waals surface area contributed by atoms with Gasteiger partial charge in [-0.25, -0.2) is 4.79 Å². The monoisotopic (exact) mass is 196 g/mol. The van der Waals surface area contributed by atoms with E-state index >= 15 is 0 Å². The van der Waals surface area contributed by atoms with Gasteiger partial charge in [-0.2, -0.15) is 0 Å². The fourth-order valence-electron chi connectivity index (χ4n) is 1.75. The predicted molar refractivity (Wildman–Crippen MR) is 53.7 cm³/mol. The van der Waals surface area contributed by atoms with Crippen LogP contribution in [0.25, 0.3) is 0 Å². The van der Waals surface area contributed by atoms with Gasteiger partial charge in [0, 0.05) is 12.8 Å². The van der Waals surface area contributed by atoms with Gasteiger partial charge < -0.3 is 9.84 Å². The molecule has 1 rings (SSSR count). The van der Waals surface area contributed by atoms with Crippen molar-refractivity contribution in [1.29, 1.82) is 0 Å². The zero-order valence-corrected chi connectivity index (χ0v) is 8.24. The van der Waals surface area contributed by atoms with E-state index in [9.17, 15) is 9.90 Å². The largest absolute Gasteiger partial charge is 0.456 e. The van der Waals surface area contributed by atoms with Crippen LogP contribution in [0.5, 0.6) is 0 Å². The molecule has 0 aromatic carbocycles. The third-order valence-electron chi connectivity index (χ3n) is 2.50. The fraction of sp³-hybridized carbons (Fsp3) is 0.545. The average molecular weight is 196 g/mol. The maximum Gasteiger partial charge on any atom is 0.335 e. The van der Waals surface area contributed by atoms with Gasteiger partial charge in [0.2, 0.25) is 0 Å². The topological polar surface area (TPSA) is 46.5 Å². The van der Waals surface area contributed by atoms with E-state index in [2.05, 4.69) is 13.2 Å². The van der Waals surface area contributed by atoms with Crippen molar-refractivity contribution < 1.29 is 14.6 Å². The molecule has 1 fully saturated rings. The number of aliphatic hydroxyl groups is 1. The molecule has 0 bridgehead atoms. The number of ether oxygens (including phenoxy) is 1. The highest BCUT2D eigenvalue weighted by molar-refractivity contribution is 5.75. The molecule has 1 heterocycles. The van der Waals surface area contributed by atoms with E-state index in [1.54, 1.807) is 12.2 Å². The molecule has 3 nitrogen and oxygen atoms in total. The van der Waals surface area contributed by atoms with Crippen LogP contribution in [0, 0.1) is 0 Å². The van der Waals surface area contributed by atoms with Crippen LogP contribution in [0.1, 0.15) is 25.7 Å². The van der Waals surface area contributed by atoms with Crippen LogP contribution in [0.4, 0.5) is 0 Å². The van der Waals surface area contributed by atoms with Crippen molar-refractivity contribution in [3.63, 3.8) is 0 Å². The minimum atomic E-state index is -0.960. The standard InChI is InChI=1S/C11H16O3/c1-3-6-11(7-4-2)8-5-9(12)10(13)14-11/h3-4,9,12H,1-2,5-8H2/t9-/m0/s1. The highest BCUT2D eigenvalue weighted by atomic mass is 16.6. The number of cyclic esters (lactones) is 1. The molecule has 0 amide bonds. The number of rotatable bonds is 4. The molecular weight excluding hydrogens is 180 g/mol. The van der Waals surface area contributed by atoms with Crippen molar-refractivity contribution >= 4 is 5.97 Å². The Morgan fingerprint density at radius 3 is 2.50 bits per heavy atom. The van der Waals surface area contributed by atoms with Crippen molar-refractivity contribution in [1.82, 2.24) is 0 Å². The summed E-state index contributed by atoms with van der Waals surface area (Å²) in [5, 5.41) is 9.22. The summed E-state index contributed by atoms with van der Waals surface area (Å²) in [6.45, 7) is 7.28. The van der Waals surface area contributed by atoms with Crippen LogP contribution in [0.2, 0.25) is 0 Å². The van der Waals surface area contributed by atoms with Crippen molar-refractivity contribution in [3.8, 4) is 0 Å². The highest BCUT2D eigenvalue weighted by Gasteiger charge is 2.39. The second-order valence-electron chi connectivity index (χ2n) is 3.64. The predicted octanol–water partition coefficient (Wildman–Crippen LogP) is 1.58. The van der Waals surface area contributed by atoms with Crippen LogP contribution in [0.15, 0.2) is 25.3 Å². The molecule has 1 aliphatic heterocycles. The molecule has 78 valence electrons. The summed E-state index contributed by atoms with van der Waals surface area (Å²) in [5.41, 5.74) is -0.514. The minimum Gasteiger partial charge on any atom is -0.456 e. The number of hydrogen-bond donors (Lipinski definition) is 1. The molecule has 0 spiro atoms. The third kappa shape index (κ3) is 2.23. The van der Waals surface area contributed by atoms with Crippen LogP contribution < -0.4 is 0 Å². The summed E-state index contributed by atoms with van der Waals surface area (Å²) in [7, 11) is 0. The van der Waals surface area contributed by atoms with E-state index < -0.39 is 17.7 Å². The van der Waals surface area contributed by atoms with Crippen LogP contribution in [0.3, 0.4) is 0 Å². The summed E-state index contributed by atoms with van der Waals surface area (Å²) in [4.78, 5) is 11.2. The van der Waals surface area contributed by atoms with Crippen molar-refractivity contribution in [3.05, 3.63) is 25.3 Å². The first kappa shape index (κ1) is 11.0. The van der Waals surface area contributed by atoms with E-state index in [1.807, 2.05) is 0 Å². The molecule has 0 saturated carbocycles. The van der Waals surface area contributed by atoms with E-state index in [1.165, 1.54) is 0 Å². The Hall–Kier alpha value is -1.09. The number of carbonyl (C=O) groups excluding carboxylic acids is 1. The maximum atomic E-state index is 11.2. The van der Waals surface area contributed by atoms with Gasteiger partial charge in [-0.15, -0.1) is 13.2 Å². The van der Waals surface area contributed by atoms with Crippen LogP contribution in [-0.4, -0.2) is 22.8 Å². The molecular formula is C11H16O3. The summed E-state index contributed by atoms with van der Waals surface area (Å²) in [6.07, 6.45) is 4.84. The third-order valence-corrected chi connectivity index (χ3v) is 2.50. The zero-order chi connectivity index (χ0) is 10.6. The second kappa shape index (κ2) is 4.42. The summed E-state index contributed by atoms with van der Waals surface area (Å²) < 4.78 is 5.24. The molecule has 1 N–H and O–H groups in total. The lowest BCUT2D eigenvalue weighted by Crippen LogP contribution is -2.44. The number of aliphatic hydroxyl groups excluding tert-OH is 1. The summed E-state index contributed by atoms with van der Waals surface area (Å²) in [5.74, 6) is -0.528. The van der Waals surface area contributed by atoms with Gasteiger partial charge in [0.1, 0.15) is 5.60 Å². The lowest BCUT2D eigenvalue weighted by molar-refractivity contribution is -0.180. The Labute approximate surface area is 84.1 Å². The van der Waals surface area contributed by atoms with Gasteiger partial charge in [-0.05, 0) is 12.8 Å². The van der Waals surface area contributed by atoms with Crippen LogP contribution in [-0.2, 0) is 9.53 Å². The van der Waals surface area contributed by atoms with E-state index in [0.29, 0.717) is 25.7 Å². The lowest BCUT2D eigenvalue weighted by atomic mass is 9.86. The Bertz CT molecular complexity index is 235. The first-order valence-corrected chi connectivity index (χ1v) is 4.76. The molecule has 1 atom stereocenters. The lowest BCUT2D eigenvalue weighted by Gasteiger charge is -2.37. The summed E-state index contributed by atoms with van der Waals surface area (Å²) in [6, 6.07) is 0. The number of esters is 1. The van der Waals surface area contributed by atoms with Gasteiger partial charge in [0.15, 0.2) is 6.10 Å². The first-order valence-electron chi connectivity index (χ1n) is 4.76. The average Bonchev–Trinajstić information content (AvgIpc) is 2.13. The number of carbonyl (C=O) groups is 1. The van der Waals surface area contributed by atoms with Gasteiger partial charge in [-0.3, -0.25) is 0 Å². The molecule has 1 saturated heterocycles. The Morgan fingerprint density at radius 1 is 1.50 bits per heavy atom. The van der Waals surface area contributed by atoms with Crippen molar-refractivity contribution in [2.75, 3.05) is 0 Å². The van der Waals surface area contributed by atoms with Gasteiger partial charge in [0.25, 0.3) is 0 Å². The molecule has 0 aromatic heterocycles. The molecule has 0 aromatic rings. The Balaban J connectivity index is 2.73. The summed E-state index contributed by atoms with van der Waals surface area (Å²) >= 11 is 0. The first-order chi connectivity index (χ1) is 6.63. The van der Waals surface area contributed by atoms with Gasteiger partial charge in [0.05, 0.1) is 0 Å². The molecule has 1 aliphatic rings. The number of hydrogen-bond acceptors (Lipinski definition) is 3. The van der Waals surface area contributed by atoms with Crippen molar-refractivity contribution in [2.24, 2.45) is 0 Å². The smallest absolute Gasteiger partial charge is 0.335 e. The van der Waals surface area contributed by atoms with E-state index in [4.69, 9.17) is 4.74 Å². The van der Waals surface area contributed by atoms with Gasteiger partial charge in [-0.1, -0.05) is 12.2 Å². The Morgan fingerprint density at radius 2 is 2.07 bits per heavy atom. The Kier molecular flexibility index (Phi) is 3.47. The highest BCUT2D eigenvalue weighted by Crippen LogP contribution is 2.32. The normalized spacial score (nSPS) is 25.2. The van der Waals surface area contributed by atoms with E-state index in [0.717, 1.165) is 0 Å². The molecule has 14 heavy (non-hydrogen) atoms. The molecule has 3 heteroatoms. The molecule has 0 unspecified atom stereocenters. The second-order valence-corrected chi connectivity index (χ2v) is 3.64. The maximum absolute atomic E-state index is 11.2. The zero-order valence-electron chi connectivity index (χ0n) is 8.24. The SMILES string of the molecule is C=CCC1(CC=C)CC[C@H](O)C(=O)O1. The van der Waals surface area contributed by atoms with Crippen LogP contribution >= 0.6 is 0 Å². The fourth-order valence-corrected chi connectivity index (χ4v) is 1.75. The molecule has 0 radical (unpaired) electrons.